The molecule has 100 valence electrons. The van der Waals surface area contributed by atoms with Crippen LogP contribution in [0.25, 0.3) is 0 Å². The fraction of sp³-hybridized carbons (Fsp3) is 0.571. The molecule has 1 saturated heterocycles. The van der Waals surface area contributed by atoms with Crippen LogP contribution < -0.4 is 10.6 Å². The third kappa shape index (κ3) is 2.97. The molecule has 0 spiro atoms. The van der Waals surface area contributed by atoms with Gasteiger partial charge in [-0.25, -0.2) is 0 Å². The zero-order valence-corrected chi connectivity index (χ0v) is 11.6. The number of rotatable bonds is 4. The zero-order chi connectivity index (χ0) is 13.0. The van der Waals surface area contributed by atoms with Crippen LogP contribution in [0.3, 0.4) is 0 Å². The van der Waals surface area contributed by atoms with Crippen LogP contribution >= 0.6 is 11.6 Å². The molecule has 2 rings (SSSR count). The van der Waals surface area contributed by atoms with E-state index in [2.05, 4.69) is 24.0 Å². The van der Waals surface area contributed by atoms with Crippen LogP contribution in [0.15, 0.2) is 18.2 Å². The molecule has 4 heteroatoms. The Hall–Kier alpha value is -0.770. The minimum atomic E-state index is 0.427. The largest absolute Gasteiger partial charge is 0.377 e. The van der Waals surface area contributed by atoms with Crippen molar-refractivity contribution in [2.24, 2.45) is 5.73 Å². The van der Waals surface area contributed by atoms with Crippen molar-refractivity contribution in [2.75, 3.05) is 31.2 Å². The molecule has 1 aromatic rings. The van der Waals surface area contributed by atoms with Crippen LogP contribution in [0.5, 0.6) is 0 Å². The molecule has 0 bridgehead atoms. The van der Waals surface area contributed by atoms with Gasteiger partial charge >= 0.3 is 0 Å². The van der Waals surface area contributed by atoms with E-state index in [1.54, 1.807) is 0 Å². The third-order valence-electron chi connectivity index (χ3n) is 3.45. The highest BCUT2D eigenvalue weighted by atomic mass is 35.5. The average molecular weight is 269 g/mol. The number of hydrogen-bond acceptors (Lipinski definition) is 3. The maximum Gasteiger partial charge on any atom is 0.0670 e. The number of ether oxygens (including phenoxy) is 1. The Bertz CT molecular complexity index is 397. The van der Waals surface area contributed by atoms with Gasteiger partial charge < -0.3 is 15.4 Å². The van der Waals surface area contributed by atoms with Gasteiger partial charge in [-0.05, 0) is 37.1 Å². The minimum Gasteiger partial charge on any atom is -0.377 e. The van der Waals surface area contributed by atoms with Gasteiger partial charge in [-0.2, -0.15) is 0 Å². The van der Waals surface area contributed by atoms with Crippen molar-refractivity contribution in [3.63, 3.8) is 0 Å². The van der Waals surface area contributed by atoms with Crippen molar-refractivity contribution in [1.82, 2.24) is 0 Å². The van der Waals surface area contributed by atoms with Crippen LogP contribution in [-0.2, 0) is 11.2 Å². The van der Waals surface area contributed by atoms with Crippen molar-refractivity contribution < 1.29 is 4.74 Å². The van der Waals surface area contributed by atoms with Crippen LogP contribution in [-0.4, -0.2) is 32.3 Å². The first kappa shape index (κ1) is 13.7. The molecule has 18 heavy (non-hydrogen) atoms. The standard InChI is InChI=1S/C14H21ClN2O/c1-2-12-10-18-8-7-17(12)14-4-3-11(5-6-16)9-13(14)15/h3-4,9,12H,2,5-8,10,16H2,1H3. The second kappa shape index (κ2) is 6.41. The highest BCUT2D eigenvalue weighted by Crippen LogP contribution is 2.30. The Balaban J connectivity index is 2.21. The van der Waals surface area contributed by atoms with Gasteiger partial charge in [0.2, 0.25) is 0 Å². The van der Waals surface area contributed by atoms with Gasteiger partial charge in [0.25, 0.3) is 0 Å². The number of nitrogens with two attached hydrogens (primary N) is 1. The monoisotopic (exact) mass is 268 g/mol. The van der Waals surface area contributed by atoms with E-state index in [0.29, 0.717) is 12.6 Å². The number of hydrogen-bond donors (Lipinski definition) is 1. The number of halogens is 1. The van der Waals surface area contributed by atoms with Gasteiger partial charge in [0.1, 0.15) is 0 Å². The smallest absolute Gasteiger partial charge is 0.0670 e. The zero-order valence-electron chi connectivity index (χ0n) is 10.9. The van der Waals surface area contributed by atoms with Crippen LogP contribution in [0, 0.1) is 0 Å². The molecule has 0 aliphatic carbocycles. The summed E-state index contributed by atoms with van der Waals surface area (Å²) >= 11 is 6.40. The summed E-state index contributed by atoms with van der Waals surface area (Å²) in [6, 6.07) is 6.69. The normalized spacial score (nSPS) is 20.2. The SMILES string of the molecule is CCC1COCCN1c1ccc(CCN)cc1Cl. The molecule has 0 saturated carbocycles. The second-order valence-corrected chi connectivity index (χ2v) is 5.06. The molecule has 1 fully saturated rings. The Morgan fingerprint density at radius 2 is 2.33 bits per heavy atom. The first-order chi connectivity index (χ1) is 8.76. The topological polar surface area (TPSA) is 38.5 Å². The molecule has 1 aliphatic heterocycles. The highest BCUT2D eigenvalue weighted by Gasteiger charge is 2.23. The molecule has 3 nitrogen and oxygen atoms in total. The van der Waals surface area contributed by atoms with Crippen molar-refractivity contribution in [3.05, 3.63) is 28.8 Å². The van der Waals surface area contributed by atoms with Gasteiger partial charge in [-0.3, -0.25) is 0 Å². The first-order valence-corrected chi connectivity index (χ1v) is 6.97. The van der Waals surface area contributed by atoms with Crippen LogP contribution in [0.1, 0.15) is 18.9 Å². The molecule has 0 amide bonds. The molecule has 1 atom stereocenters. The maximum absolute atomic E-state index is 6.40. The summed E-state index contributed by atoms with van der Waals surface area (Å²) < 4.78 is 5.53. The van der Waals surface area contributed by atoms with E-state index in [9.17, 15) is 0 Å². The lowest BCUT2D eigenvalue weighted by Gasteiger charge is -2.37. The summed E-state index contributed by atoms with van der Waals surface area (Å²) in [5.41, 5.74) is 7.88. The molecule has 0 radical (unpaired) electrons. The number of nitrogens with zero attached hydrogens (tertiary/aromatic N) is 1. The minimum absolute atomic E-state index is 0.427. The Morgan fingerprint density at radius 1 is 1.50 bits per heavy atom. The highest BCUT2D eigenvalue weighted by molar-refractivity contribution is 6.33. The van der Waals surface area contributed by atoms with E-state index in [-0.39, 0.29) is 0 Å². The summed E-state index contributed by atoms with van der Waals surface area (Å²) in [5.74, 6) is 0. The maximum atomic E-state index is 6.40. The lowest BCUT2D eigenvalue weighted by Crippen LogP contribution is -2.45. The first-order valence-electron chi connectivity index (χ1n) is 6.59. The third-order valence-corrected chi connectivity index (χ3v) is 3.76. The van der Waals surface area contributed by atoms with E-state index in [1.807, 2.05) is 6.07 Å². The quantitative estimate of drug-likeness (QED) is 0.912. The Morgan fingerprint density at radius 3 is 3.00 bits per heavy atom. The molecule has 2 N–H and O–H groups in total. The molecule has 1 unspecified atom stereocenters. The van der Waals surface area contributed by atoms with E-state index in [0.717, 1.165) is 43.3 Å². The lowest BCUT2D eigenvalue weighted by atomic mass is 10.1. The van der Waals surface area contributed by atoms with E-state index in [4.69, 9.17) is 22.1 Å². The summed E-state index contributed by atoms with van der Waals surface area (Å²) in [7, 11) is 0. The predicted molar refractivity (Wildman–Crippen MR) is 76.5 cm³/mol. The molecule has 1 aromatic carbocycles. The fourth-order valence-corrected chi connectivity index (χ4v) is 2.73. The fourth-order valence-electron chi connectivity index (χ4n) is 2.42. The molecule has 1 aliphatic rings. The van der Waals surface area contributed by atoms with Gasteiger partial charge in [-0.1, -0.05) is 24.6 Å². The Labute approximate surface area is 114 Å². The molecule has 0 aromatic heterocycles. The van der Waals surface area contributed by atoms with Crippen LogP contribution in [0.4, 0.5) is 5.69 Å². The lowest BCUT2D eigenvalue weighted by molar-refractivity contribution is 0.0930. The van der Waals surface area contributed by atoms with Gasteiger partial charge in [-0.15, -0.1) is 0 Å². The summed E-state index contributed by atoms with van der Waals surface area (Å²) in [6.45, 7) is 5.32. The van der Waals surface area contributed by atoms with Crippen molar-refractivity contribution in [1.29, 1.82) is 0 Å². The van der Waals surface area contributed by atoms with E-state index < -0.39 is 0 Å². The van der Waals surface area contributed by atoms with Gasteiger partial charge in [0.15, 0.2) is 0 Å². The van der Waals surface area contributed by atoms with Crippen LogP contribution in [0.2, 0.25) is 5.02 Å². The van der Waals surface area contributed by atoms with Gasteiger partial charge in [0.05, 0.1) is 30.0 Å². The summed E-state index contributed by atoms with van der Waals surface area (Å²) in [5, 5.41) is 0.821. The van der Waals surface area contributed by atoms with E-state index >= 15 is 0 Å². The molecular formula is C14H21ClN2O. The van der Waals surface area contributed by atoms with Crippen molar-refractivity contribution in [2.45, 2.75) is 25.8 Å². The number of benzene rings is 1. The summed E-state index contributed by atoms with van der Waals surface area (Å²) in [6.07, 6.45) is 1.95. The van der Waals surface area contributed by atoms with Gasteiger partial charge in [0, 0.05) is 6.54 Å². The second-order valence-electron chi connectivity index (χ2n) is 4.65. The van der Waals surface area contributed by atoms with Crippen molar-refractivity contribution >= 4 is 17.3 Å². The Kier molecular flexibility index (Phi) is 4.87. The molecule has 1 heterocycles. The predicted octanol–water partition coefficient (Wildman–Crippen LogP) is 2.46. The summed E-state index contributed by atoms with van der Waals surface area (Å²) in [4.78, 5) is 2.36. The number of morpholine rings is 1. The average Bonchev–Trinajstić information content (AvgIpc) is 2.39. The molecular weight excluding hydrogens is 248 g/mol. The van der Waals surface area contributed by atoms with Crippen molar-refractivity contribution in [3.8, 4) is 0 Å². The van der Waals surface area contributed by atoms with E-state index in [1.165, 1.54) is 5.56 Å². The number of anilines is 1.